The number of nitrogens with zero attached hydrogens (tertiary/aromatic N) is 2. The standard InChI is InChI=1S/C14H21N5O2/c15-4-6-18-14(21)11-2-1-7-19(9-11)12-8-10(13(16)20)3-5-17-12/h3,5,8,11H,1-2,4,6-7,9,15H2,(H2,16,20)(H,18,21). The van der Waals surface area contributed by atoms with Gasteiger partial charge in [-0.05, 0) is 25.0 Å². The predicted octanol–water partition coefficient (Wildman–Crippen LogP) is -0.528. The molecule has 114 valence electrons. The number of primary amides is 1. The molecule has 5 N–H and O–H groups in total. The number of piperidine rings is 1. The van der Waals surface area contributed by atoms with Crippen LogP contribution in [0.1, 0.15) is 23.2 Å². The van der Waals surface area contributed by atoms with Crippen LogP contribution in [0.2, 0.25) is 0 Å². The zero-order chi connectivity index (χ0) is 15.2. The van der Waals surface area contributed by atoms with E-state index < -0.39 is 5.91 Å². The maximum Gasteiger partial charge on any atom is 0.248 e. The number of aromatic nitrogens is 1. The minimum Gasteiger partial charge on any atom is -0.366 e. The number of rotatable bonds is 5. The van der Waals surface area contributed by atoms with Crippen LogP contribution in [0.25, 0.3) is 0 Å². The molecule has 2 heterocycles. The van der Waals surface area contributed by atoms with Crippen molar-refractivity contribution < 1.29 is 9.59 Å². The number of carbonyl (C=O) groups is 2. The van der Waals surface area contributed by atoms with E-state index in [0.717, 1.165) is 19.4 Å². The molecule has 0 saturated carbocycles. The Morgan fingerprint density at radius 1 is 1.48 bits per heavy atom. The highest BCUT2D eigenvalue weighted by molar-refractivity contribution is 5.93. The first-order valence-electron chi connectivity index (χ1n) is 7.10. The summed E-state index contributed by atoms with van der Waals surface area (Å²) in [5.41, 5.74) is 11.1. The van der Waals surface area contributed by atoms with Crippen molar-refractivity contribution in [2.45, 2.75) is 12.8 Å². The summed E-state index contributed by atoms with van der Waals surface area (Å²) in [6.07, 6.45) is 3.32. The summed E-state index contributed by atoms with van der Waals surface area (Å²) in [5.74, 6) is 0.149. The summed E-state index contributed by atoms with van der Waals surface area (Å²) in [5, 5.41) is 2.82. The lowest BCUT2D eigenvalue weighted by Crippen LogP contribution is -2.44. The Labute approximate surface area is 123 Å². The fourth-order valence-electron chi connectivity index (χ4n) is 2.48. The van der Waals surface area contributed by atoms with E-state index in [1.807, 2.05) is 4.90 Å². The molecule has 1 aromatic heterocycles. The highest BCUT2D eigenvalue weighted by Crippen LogP contribution is 2.22. The van der Waals surface area contributed by atoms with Crippen LogP contribution in [-0.2, 0) is 4.79 Å². The van der Waals surface area contributed by atoms with Crippen molar-refractivity contribution in [1.29, 1.82) is 0 Å². The number of nitrogens with one attached hydrogen (secondary N) is 1. The molecule has 7 nitrogen and oxygen atoms in total. The van der Waals surface area contributed by atoms with Crippen LogP contribution >= 0.6 is 0 Å². The van der Waals surface area contributed by atoms with Gasteiger partial charge in [0.15, 0.2) is 0 Å². The summed E-state index contributed by atoms with van der Waals surface area (Å²) in [4.78, 5) is 29.5. The van der Waals surface area contributed by atoms with Crippen LogP contribution in [0.3, 0.4) is 0 Å². The van der Waals surface area contributed by atoms with Gasteiger partial charge in [-0.1, -0.05) is 0 Å². The molecule has 0 aromatic carbocycles. The topological polar surface area (TPSA) is 114 Å². The molecule has 1 atom stereocenters. The maximum atomic E-state index is 12.0. The highest BCUT2D eigenvalue weighted by atomic mass is 16.2. The van der Waals surface area contributed by atoms with Gasteiger partial charge in [0.05, 0.1) is 5.92 Å². The van der Waals surface area contributed by atoms with E-state index in [4.69, 9.17) is 11.5 Å². The first-order valence-corrected chi connectivity index (χ1v) is 7.10. The molecule has 2 amide bonds. The van der Waals surface area contributed by atoms with Crippen molar-refractivity contribution >= 4 is 17.6 Å². The molecular weight excluding hydrogens is 270 g/mol. The minimum absolute atomic E-state index is 0.0243. The number of amides is 2. The van der Waals surface area contributed by atoms with Crippen LogP contribution in [0.5, 0.6) is 0 Å². The van der Waals surface area contributed by atoms with Gasteiger partial charge in [-0.15, -0.1) is 0 Å². The third kappa shape index (κ3) is 3.91. The average Bonchev–Trinajstić information content (AvgIpc) is 2.52. The van der Waals surface area contributed by atoms with Gasteiger partial charge in [-0.25, -0.2) is 4.98 Å². The minimum atomic E-state index is -0.479. The summed E-state index contributed by atoms with van der Waals surface area (Å²) in [6, 6.07) is 3.25. The number of hydrogen-bond acceptors (Lipinski definition) is 5. The van der Waals surface area contributed by atoms with Crippen LogP contribution in [0, 0.1) is 5.92 Å². The van der Waals surface area contributed by atoms with Gasteiger partial charge in [-0.3, -0.25) is 9.59 Å². The van der Waals surface area contributed by atoms with Gasteiger partial charge in [0.2, 0.25) is 11.8 Å². The van der Waals surface area contributed by atoms with E-state index in [1.165, 1.54) is 0 Å². The van der Waals surface area contributed by atoms with E-state index in [9.17, 15) is 9.59 Å². The van der Waals surface area contributed by atoms with Crippen LogP contribution < -0.4 is 21.7 Å². The molecule has 1 aliphatic rings. The molecule has 1 aliphatic heterocycles. The van der Waals surface area contributed by atoms with Crippen molar-refractivity contribution in [2.24, 2.45) is 17.4 Å². The van der Waals surface area contributed by atoms with Gasteiger partial charge in [0.1, 0.15) is 5.82 Å². The Kier molecular flexibility index (Phi) is 5.10. The average molecular weight is 291 g/mol. The Morgan fingerprint density at radius 3 is 3.00 bits per heavy atom. The quantitative estimate of drug-likeness (QED) is 0.675. The zero-order valence-electron chi connectivity index (χ0n) is 11.9. The lowest BCUT2D eigenvalue weighted by molar-refractivity contribution is -0.125. The van der Waals surface area contributed by atoms with E-state index in [1.54, 1.807) is 18.3 Å². The molecule has 0 spiro atoms. The normalized spacial score (nSPS) is 18.3. The van der Waals surface area contributed by atoms with Gasteiger partial charge >= 0.3 is 0 Å². The second-order valence-electron chi connectivity index (χ2n) is 5.13. The van der Waals surface area contributed by atoms with Gasteiger partial charge in [0, 0.05) is 37.9 Å². The third-order valence-corrected chi connectivity index (χ3v) is 3.59. The Hall–Kier alpha value is -2.15. The molecule has 0 bridgehead atoms. The van der Waals surface area contributed by atoms with Gasteiger partial charge in [-0.2, -0.15) is 0 Å². The molecule has 1 saturated heterocycles. The lowest BCUT2D eigenvalue weighted by Gasteiger charge is -2.33. The van der Waals surface area contributed by atoms with Crippen molar-refractivity contribution in [2.75, 3.05) is 31.1 Å². The summed E-state index contributed by atoms with van der Waals surface area (Å²) in [6.45, 7) is 2.33. The van der Waals surface area contributed by atoms with E-state index in [-0.39, 0.29) is 11.8 Å². The second kappa shape index (κ2) is 7.03. The van der Waals surface area contributed by atoms with Crippen LogP contribution in [-0.4, -0.2) is 43.0 Å². The zero-order valence-corrected chi connectivity index (χ0v) is 11.9. The molecule has 1 aromatic rings. The molecule has 0 aliphatic carbocycles. The fourth-order valence-corrected chi connectivity index (χ4v) is 2.48. The van der Waals surface area contributed by atoms with Gasteiger partial charge in [0.25, 0.3) is 0 Å². The number of pyridine rings is 1. The monoisotopic (exact) mass is 291 g/mol. The summed E-state index contributed by atoms with van der Waals surface area (Å²) >= 11 is 0. The fraction of sp³-hybridized carbons (Fsp3) is 0.500. The van der Waals surface area contributed by atoms with E-state index in [2.05, 4.69) is 10.3 Å². The first kappa shape index (κ1) is 15.2. The van der Waals surface area contributed by atoms with Crippen LogP contribution in [0.4, 0.5) is 5.82 Å². The smallest absolute Gasteiger partial charge is 0.248 e. The molecule has 21 heavy (non-hydrogen) atoms. The highest BCUT2D eigenvalue weighted by Gasteiger charge is 2.26. The van der Waals surface area contributed by atoms with E-state index >= 15 is 0 Å². The first-order chi connectivity index (χ1) is 10.1. The van der Waals surface area contributed by atoms with Gasteiger partial charge < -0.3 is 21.7 Å². The van der Waals surface area contributed by atoms with Crippen molar-refractivity contribution in [3.8, 4) is 0 Å². The number of carbonyl (C=O) groups excluding carboxylic acids is 2. The van der Waals surface area contributed by atoms with Crippen LogP contribution in [0.15, 0.2) is 18.3 Å². The third-order valence-electron chi connectivity index (χ3n) is 3.59. The number of nitrogens with two attached hydrogens (primary N) is 2. The Balaban J connectivity index is 2.05. The summed E-state index contributed by atoms with van der Waals surface area (Å²) < 4.78 is 0. The molecule has 0 radical (unpaired) electrons. The maximum absolute atomic E-state index is 12.0. The SMILES string of the molecule is NCCNC(=O)C1CCCN(c2cc(C(N)=O)ccn2)C1. The lowest BCUT2D eigenvalue weighted by atomic mass is 9.97. The molecule has 1 fully saturated rings. The summed E-state index contributed by atoms with van der Waals surface area (Å²) in [7, 11) is 0. The molecule has 1 unspecified atom stereocenters. The molecule has 2 rings (SSSR count). The van der Waals surface area contributed by atoms with Crippen molar-refractivity contribution in [3.05, 3.63) is 23.9 Å². The predicted molar refractivity (Wildman–Crippen MR) is 79.8 cm³/mol. The Morgan fingerprint density at radius 2 is 2.29 bits per heavy atom. The second-order valence-corrected chi connectivity index (χ2v) is 5.13. The van der Waals surface area contributed by atoms with Crippen molar-refractivity contribution in [3.63, 3.8) is 0 Å². The molecular formula is C14H21N5O2. The number of anilines is 1. The largest absolute Gasteiger partial charge is 0.366 e. The number of hydrogen-bond donors (Lipinski definition) is 3. The van der Waals surface area contributed by atoms with E-state index in [0.29, 0.717) is 31.0 Å². The van der Waals surface area contributed by atoms with Crippen molar-refractivity contribution in [1.82, 2.24) is 10.3 Å². The molecule has 7 heteroatoms. The Bertz CT molecular complexity index is 520.